The Labute approximate surface area is 120 Å². The molecule has 0 fully saturated rings. The molecule has 0 unspecified atom stereocenters. The third kappa shape index (κ3) is 2.89. The van der Waals surface area contributed by atoms with Gasteiger partial charge in [-0.2, -0.15) is 0 Å². The summed E-state index contributed by atoms with van der Waals surface area (Å²) >= 11 is 0. The minimum atomic E-state index is -0.374. The first kappa shape index (κ1) is 13.2. The van der Waals surface area contributed by atoms with Crippen molar-refractivity contribution in [1.29, 1.82) is 0 Å². The molecule has 1 N–H and O–H groups in total. The zero-order chi connectivity index (χ0) is 14.7. The van der Waals surface area contributed by atoms with Gasteiger partial charge in [-0.25, -0.2) is 4.39 Å². The van der Waals surface area contributed by atoms with E-state index in [2.05, 4.69) is 15.5 Å². The standard InChI is InChI=1S/C15H13FN4O/c16-12-6-2-1-5-11(12)9-15(21)17-10-14-19-18-13-7-3-4-8-20(13)14/h1-8H,9-10H2,(H,17,21). The van der Waals surface area contributed by atoms with Crippen LogP contribution in [0.2, 0.25) is 0 Å². The van der Waals surface area contributed by atoms with Gasteiger partial charge >= 0.3 is 0 Å². The normalized spacial score (nSPS) is 10.7. The number of carbonyl (C=O) groups is 1. The lowest BCUT2D eigenvalue weighted by molar-refractivity contribution is -0.120. The molecule has 0 aliphatic carbocycles. The van der Waals surface area contributed by atoms with E-state index in [1.165, 1.54) is 6.07 Å². The number of benzene rings is 1. The minimum absolute atomic E-state index is 0.00338. The van der Waals surface area contributed by atoms with Crippen molar-refractivity contribution >= 4 is 11.6 Å². The van der Waals surface area contributed by atoms with Crippen LogP contribution in [-0.4, -0.2) is 20.5 Å². The first-order valence-corrected chi connectivity index (χ1v) is 6.53. The summed E-state index contributed by atoms with van der Waals surface area (Å²) in [6.07, 6.45) is 1.83. The van der Waals surface area contributed by atoms with Crippen LogP contribution >= 0.6 is 0 Å². The van der Waals surface area contributed by atoms with Crippen LogP contribution in [0, 0.1) is 5.82 Å². The maximum absolute atomic E-state index is 13.5. The van der Waals surface area contributed by atoms with E-state index in [0.29, 0.717) is 11.4 Å². The van der Waals surface area contributed by atoms with Gasteiger partial charge < -0.3 is 5.32 Å². The summed E-state index contributed by atoms with van der Waals surface area (Å²) in [6, 6.07) is 11.8. The number of rotatable bonds is 4. The lowest BCUT2D eigenvalue weighted by atomic mass is 10.1. The monoisotopic (exact) mass is 284 g/mol. The second kappa shape index (κ2) is 5.70. The van der Waals surface area contributed by atoms with Crippen molar-refractivity contribution < 1.29 is 9.18 Å². The number of halogens is 1. The van der Waals surface area contributed by atoms with Crippen molar-refractivity contribution in [2.24, 2.45) is 0 Å². The summed E-state index contributed by atoms with van der Waals surface area (Å²) in [7, 11) is 0. The summed E-state index contributed by atoms with van der Waals surface area (Å²) in [5, 5.41) is 10.7. The van der Waals surface area contributed by atoms with E-state index in [9.17, 15) is 9.18 Å². The Bertz CT molecular complexity index is 784. The van der Waals surface area contributed by atoms with E-state index in [1.54, 1.807) is 22.6 Å². The zero-order valence-electron chi connectivity index (χ0n) is 11.2. The number of hydrogen-bond donors (Lipinski definition) is 1. The molecule has 0 aliphatic rings. The fraction of sp³-hybridized carbons (Fsp3) is 0.133. The molecular weight excluding hydrogens is 271 g/mol. The molecule has 2 aromatic heterocycles. The van der Waals surface area contributed by atoms with Crippen molar-refractivity contribution in [3.05, 3.63) is 65.9 Å². The van der Waals surface area contributed by atoms with E-state index < -0.39 is 0 Å². The predicted octanol–water partition coefficient (Wildman–Crippen LogP) is 1.73. The Morgan fingerprint density at radius 2 is 1.95 bits per heavy atom. The van der Waals surface area contributed by atoms with Gasteiger partial charge in [0.15, 0.2) is 11.5 Å². The molecular formula is C15H13FN4O. The first-order chi connectivity index (χ1) is 10.2. The van der Waals surface area contributed by atoms with Crippen molar-refractivity contribution in [3.63, 3.8) is 0 Å². The van der Waals surface area contributed by atoms with Crippen LogP contribution in [0.4, 0.5) is 4.39 Å². The summed E-state index contributed by atoms with van der Waals surface area (Å²) in [4.78, 5) is 11.9. The van der Waals surface area contributed by atoms with E-state index >= 15 is 0 Å². The molecule has 0 saturated heterocycles. The molecule has 0 bridgehead atoms. The summed E-state index contributed by atoms with van der Waals surface area (Å²) in [5.74, 6) is 0.000780. The Balaban J connectivity index is 1.65. The average molecular weight is 284 g/mol. The smallest absolute Gasteiger partial charge is 0.224 e. The van der Waals surface area contributed by atoms with Gasteiger partial charge in [0.25, 0.3) is 0 Å². The summed E-state index contributed by atoms with van der Waals surface area (Å²) in [6.45, 7) is 0.248. The van der Waals surface area contributed by atoms with Crippen LogP contribution < -0.4 is 5.32 Å². The number of nitrogens with one attached hydrogen (secondary N) is 1. The van der Waals surface area contributed by atoms with Crippen LogP contribution in [0.5, 0.6) is 0 Å². The average Bonchev–Trinajstić information content (AvgIpc) is 2.91. The van der Waals surface area contributed by atoms with Crippen molar-refractivity contribution in [1.82, 2.24) is 19.9 Å². The van der Waals surface area contributed by atoms with Gasteiger partial charge in [0.2, 0.25) is 5.91 Å². The van der Waals surface area contributed by atoms with Gasteiger partial charge in [-0.05, 0) is 23.8 Å². The Kier molecular flexibility index (Phi) is 3.59. The number of pyridine rings is 1. The summed E-state index contributed by atoms with van der Waals surface area (Å²) < 4.78 is 15.3. The Morgan fingerprint density at radius 1 is 1.14 bits per heavy atom. The molecule has 1 amide bonds. The van der Waals surface area contributed by atoms with E-state index in [4.69, 9.17) is 0 Å². The molecule has 0 aliphatic heterocycles. The molecule has 1 aromatic carbocycles. The largest absolute Gasteiger partial charge is 0.348 e. The van der Waals surface area contributed by atoms with Gasteiger partial charge in [0.05, 0.1) is 13.0 Å². The maximum Gasteiger partial charge on any atom is 0.224 e. The molecule has 5 nitrogen and oxygen atoms in total. The third-order valence-corrected chi connectivity index (χ3v) is 3.14. The maximum atomic E-state index is 13.5. The molecule has 2 heterocycles. The van der Waals surface area contributed by atoms with E-state index in [-0.39, 0.29) is 24.7 Å². The fourth-order valence-electron chi connectivity index (χ4n) is 2.07. The summed E-state index contributed by atoms with van der Waals surface area (Å²) in [5.41, 5.74) is 1.09. The van der Waals surface area contributed by atoms with Gasteiger partial charge in [-0.15, -0.1) is 10.2 Å². The van der Waals surface area contributed by atoms with Gasteiger partial charge in [0, 0.05) is 6.20 Å². The lowest BCUT2D eigenvalue weighted by Crippen LogP contribution is -2.26. The highest BCUT2D eigenvalue weighted by molar-refractivity contribution is 5.78. The van der Waals surface area contributed by atoms with Gasteiger partial charge in [-0.3, -0.25) is 9.20 Å². The highest BCUT2D eigenvalue weighted by atomic mass is 19.1. The van der Waals surface area contributed by atoms with Crippen LogP contribution in [0.15, 0.2) is 48.7 Å². The number of fused-ring (bicyclic) bond motifs is 1. The number of aromatic nitrogens is 3. The van der Waals surface area contributed by atoms with Gasteiger partial charge in [-0.1, -0.05) is 24.3 Å². The molecule has 0 atom stereocenters. The highest BCUT2D eigenvalue weighted by Crippen LogP contribution is 2.07. The quantitative estimate of drug-likeness (QED) is 0.793. The zero-order valence-corrected chi connectivity index (χ0v) is 11.2. The Hall–Kier alpha value is -2.76. The number of hydrogen-bond acceptors (Lipinski definition) is 3. The molecule has 3 rings (SSSR count). The predicted molar refractivity (Wildman–Crippen MR) is 74.9 cm³/mol. The molecule has 6 heteroatoms. The van der Waals surface area contributed by atoms with E-state index in [0.717, 1.165) is 5.65 Å². The van der Waals surface area contributed by atoms with Crippen LogP contribution in [0.25, 0.3) is 5.65 Å². The van der Waals surface area contributed by atoms with Crippen LogP contribution in [-0.2, 0) is 17.8 Å². The minimum Gasteiger partial charge on any atom is -0.348 e. The van der Waals surface area contributed by atoms with Crippen molar-refractivity contribution in [2.45, 2.75) is 13.0 Å². The molecule has 21 heavy (non-hydrogen) atoms. The van der Waals surface area contributed by atoms with Crippen molar-refractivity contribution in [2.75, 3.05) is 0 Å². The second-order valence-corrected chi connectivity index (χ2v) is 4.59. The molecule has 3 aromatic rings. The number of nitrogens with zero attached hydrogens (tertiary/aromatic N) is 3. The highest BCUT2D eigenvalue weighted by Gasteiger charge is 2.09. The fourth-order valence-corrected chi connectivity index (χ4v) is 2.07. The molecule has 0 radical (unpaired) electrons. The first-order valence-electron chi connectivity index (χ1n) is 6.53. The molecule has 0 saturated carbocycles. The number of amides is 1. The lowest BCUT2D eigenvalue weighted by Gasteiger charge is -2.05. The van der Waals surface area contributed by atoms with Crippen molar-refractivity contribution in [3.8, 4) is 0 Å². The van der Waals surface area contributed by atoms with Crippen LogP contribution in [0.1, 0.15) is 11.4 Å². The van der Waals surface area contributed by atoms with Gasteiger partial charge in [0.1, 0.15) is 5.82 Å². The SMILES string of the molecule is O=C(Cc1ccccc1F)NCc1nnc2ccccn12. The second-order valence-electron chi connectivity index (χ2n) is 4.59. The molecule has 106 valence electrons. The third-order valence-electron chi connectivity index (χ3n) is 3.14. The van der Waals surface area contributed by atoms with Crippen LogP contribution in [0.3, 0.4) is 0 Å². The topological polar surface area (TPSA) is 59.3 Å². The molecule has 0 spiro atoms. The number of carbonyl (C=O) groups excluding carboxylic acids is 1. The Morgan fingerprint density at radius 3 is 2.81 bits per heavy atom. The van der Waals surface area contributed by atoms with E-state index in [1.807, 2.05) is 24.4 Å².